The van der Waals surface area contributed by atoms with Gasteiger partial charge in [0.1, 0.15) is 5.75 Å². The number of anilines is 2. The number of nitrogens with zero attached hydrogens (tertiary/aromatic N) is 3. The second-order valence-electron chi connectivity index (χ2n) is 6.62. The summed E-state index contributed by atoms with van der Waals surface area (Å²) in [6, 6.07) is 15.9. The van der Waals surface area contributed by atoms with Gasteiger partial charge in [-0.1, -0.05) is 36.4 Å². The highest BCUT2D eigenvalue weighted by molar-refractivity contribution is 6.06. The average Bonchev–Trinajstić information content (AvgIpc) is 3.18. The first-order valence-corrected chi connectivity index (χ1v) is 9.34. The Morgan fingerprint density at radius 1 is 1.11 bits per heavy atom. The van der Waals surface area contributed by atoms with Crippen molar-refractivity contribution < 1.29 is 9.53 Å². The van der Waals surface area contributed by atoms with E-state index in [-0.39, 0.29) is 5.91 Å². The minimum Gasteiger partial charge on any atom is -0.496 e. The van der Waals surface area contributed by atoms with E-state index in [2.05, 4.69) is 21.4 Å². The number of rotatable bonds is 6. The van der Waals surface area contributed by atoms with E-state index >= 15 is 0 Å². The molecule has 4 rings (SSSR count). The molecule has 1 aliphatic rings. The van der Waals surface area contributed by atoms with Crippen molar-refractivity contribution >= 4 is 17.5 Å². The molecule has 0 saturated heterocycles. The van der Waals surface area contributed by atoms with E-state index in [9.17, 15) is 4.79 Å². The van der Waals surface area contributed by atoms with Gasteiger partial charge in [0.2, 0.25) is 5.95 Å². The Bertz CT molecular complexity index is 972. The number of carbonyl (C=O) groups is 1. The number of fused-ring (bicyclic) bond motifs is 1. The lowest BCUT2D eigenvalue weighted by Gasteiger charge is -2.17. The Hall–Kier alpha value is -3.41. The molecule has 0 bridgehead atoms. The summed E-state index contributed by atoms with van der Waals surface area (Å²) < 4.78 is 5.36. The molecule has 6 nitrogen and oxygen atoms in total. The highest BCUT2D eigenvalue weighted by Gasteiger charge is 2.25. The molecule has 0 spiro atoms. The number of carbonyl (C=O) groups excluding carboxylic acids is 1. The van der Waals surface area contributed by atoms with Gasteiger partial charge in [-0.2, -0.15) is 0 Å². The first-order chi connectivity index (χ1) is 13.8. The van der Waals surface area contributed by atoms with E-state index < -0.39 is 0 Å². The summed E-state index contributed by atoms with van der Waals surface area (Å²) in [5.41, 5.74) is 3.79. The maximum absolute atomic E-state index is 12.8. The van der Waals surface area contributed by atoms with Crippen LogP contribution in [0.25, 0.3) is 0 Å². The fourth-order valence-corrected chi connectivity index (χ4v) is 3.45. The van der Waals surface area contributed by atoms with Crippen molar-refractivity contribution in [2.75, 3.05) is 30.4 Å². The van der Waals surface area contributed by atoms with Gasteiger partial charge in [0.05, 0.1) is 12.7 Å². The van der Waals surface area contributed by atoms with Gasteiger partial charge in [-0.3, -0.25) is 4.79 Å². The van der Waals surface area contributed by atoms with Crippen LogP contribution < -0.4 is 15.0 Å². The van der Waals surface area contributed by atoms with E-state index in [1.165, 1.54) is 5.56 Å². The number of methoxy groups -OCH3 is 1. The van der Waals surface area contributed by atoms with Gasteiger partial charge in [-0.25, -0.2) is 9.97 Å². The molecule has 0 atom stereocenters. The largest absolute Gasteiger partial charge is 0.496 e. The second-order valence-corrected chi connectivity index (χ2v) is 6.62. The van der Waals surface area contributed by atoms with Crippen LogP contribution in [-0.2, 0) is 12.8 Å². The third kappa shape index (κ3) is 3.67. The summed E-state index contributed by atoms with van der Waals surface area (Å²) in [7, 11) is 1.67. The lowest BCUT2D eigenvalue weighted by atomic mass is 10.1. The number of aromatic nitrogens is 2. The fourth-order valence-electron chi connectivity index (χ4n) is 3.45. The quantitative estimate of drug-likeness (QED) is 0.717. The van der Waals surface area contributed by atoms with Crippen molar-refractivity contribution in [3.05, 3.63) is 77.6 Å². The van der Waals surface area contributed by atoms with Crippen molar-refractivity contribution in [2.45, 2.75) is 12.8 Å². The molecule has 1 N–H and O–H groups in total. The van der Waals surface area contributed by atoms with E-state index in [0.717, 1.165) is 29.8 Å². The van der Waals surface area contributed by atoms with Crippen LogP contribution in [-0.4, -0.2) is 36.1 Å². The van der Waals surface area contributed by atoms with Crippen LogP contribution in [0.1, 0.15) is 21.5 Å². The zero-order valence-electron chi connectivity index (χ0n) is 15.8. The third-order valence-electron chi connectivity index (χ3n) is 4.90. The van der Waals surface area contributed by atoms with Crippen molar-refractivity contribution in [3.63, 3.8) is 0 Å². The third-order valence-corrected chi connectivity index (χ3v) is 4.90. The lowest BCUT2D eigenvalue weighted by Crippen LogP contribution is -2.29. The minimum atomic E-state index is -0.0643. The topological polar surface area (TPSA) is 67.3 Å². The number of benzene rings is 2. The maximum atomic E-state index is 12.8. The molecule has 0 aliphatic carbocycles. The molecule has 28 heavy (non-hydrogen) atoms. The number of para-hydroxylation sites is 2. The first kappa shape index (κ1) is 18.0. The number of nitrogens with one attached hydrogen (secondary N) is 1. The summed E-state index contributed by atoms with van der Waals surface area (Å²) in [4.78, 5) is 23.2. The summed E-state index contributed by atoms with van der Waals surface area (Å²) >= 11 is 0. The molecule has 0 radical (unpaired) electrons. The van der Waals surface area contributed by atoms with E-state index in [0.29, 0.717) is 24.6 Å². The molecule has 142 valence electrons. The summed E-state index contributed by atoms with van der Waals surface area (Å²) in [5, 5.41) is 3.19. The Kier molecular flexibility index (Phi) is 5.19. The monoisotopic (exact) mass is 374 g/mol. The molecule has 1 amide bonds. The average molecular weight is 374 g/mol. The van der Waals surface area contributed by atoms with Gasteiger partial charge in [0, 0.05) is 31.2 Å². The van der Waals surface area contributed by atoms with E-state index in [1.54, 1.807) is 24.4 Å². The standard InChI is InChI=1S/C22H22N4O2/c1-28-20-9-5-3-7-17(20)10-12-23-22-24-14-18(15-25-22)21(27)26-13-11-16-6-2-4-8-19(16)26/h2-9,14-15H,10-13H2,1H3,(H,23,24,25). The highest BCUT2D eigenvalue weighted by atomic mass is 16.5. The van der Waals surface area contributed by atoms with Crippen molar-refractivity contribution in [1.29, 1.82) is 0 Å². The SMILES string of the molecule is COc1ccccc1CCNc1ncc(C(=O)N2CCc3ccccc32)cn1. The van der Waals surface area contributed by atoms with E-state index in [4.69, 9.17) is 4.74 Å². The van der Waals surface area contributed by atoms with Gasteiger partial charge >= 0.3 is 0 Å². The summed E-state index contributed by atoms with van der Waals surface area (Å²) in [6.07, 6.45) is 4.84. The fraction of sp³-hybridized carbons (Fsp3) is 0.227. The summed E-state index contributed by atoms with van der Waals surface area (Å²) in [6.45, 7) is 1.37. The zero-order valence-corrected chi connectivity index (χ0v) is 15.8. The van der Waals surface area contributed by atoms with Crippen LogP contribution in [0.5, 0.6) is 5.75 Å². The van der Waals surface area contributed by atoms with Gasteiger partial charge in [0.25, 0.3) is 5.91 Å². The molecule has 0 saturated carbocycles. The van der Waals surface area contributed by atoms with Crippen molar-refractivity contribution in [1.82, 2.24) is 9.97 Å². The maximum Gasteiger partial charge on any atom is 0.261 e. The van der Waals surface area contributed by atoms with Crippen LogP contribution >= 0.6 is 0 Å². The molecule has 2 heterocycles. The van der Waals surface area contributed by atoms with Crippen LogP contribution in [0.2, 0.25) is 0 Å². The van der Waals surface area contributed by atoms with Gasteiger partial charge in [0.15, 0.2) is 0 Å². The smallest absolute Gasteiger partial charge is 0.261 e. The molecule has 2 aromatic carbocycles. The molecule has 0 fully saturated rings. The van der Waals surface area contributed by atoms with Gasteiger partial charge < -0.3 is 15.0 Å². The lowest BCUT2D eigenvalue weighted by molar-refractivity contribution is 0.0988. The molecule has 6 heteroatoms. The first-order valence-electron chi connectivity index (χ1n) is 9.34. The number of amides is 1. The van der Waals surface area contributed by atoms with Crippen LogP contribution in [0, 0.1) is 0 Å². The van der Waals surface area contributed by atoms with Crippen LogP contribution in [0.3, 0.4) is 0 Å². The molecular weight excluding hydrogens is 352 g/mol. The highest BCUT2D eigenvalue weighted by Crippen LogP contribution is 2.28. The van der Waals surface area contributed by atoms with Crippen LogP contribution in [0.4, 0.5) is 11.6 Å². The normalized spacial score (nSPS) is 12.5. The summed E-state index contributed by atoms with van der Waals surface area (Å²) in [5.74, 6) is 1.32. The Morgan fingerprint density at radius 3 is 2.68 bits per heavy atom. The Labute approximate surface area is 164 Å². The molecule has 1 aromatic heterocycles. The Balaban J connectivity index is 1.37. The Morgan fingerprint density at radius 2 is 1.86 bits per heavy atom. The molecule has 0 unspecified atom stereocenters. The van der Waals surface area contributed by atoms with Gasteiger partial charge in [-0.05, 0) is 36.1 Å². The second kappa shape index (κ2) is 8.08. The predicted molar refractivity (Wildman–Crippen MR) is 109 cm³/mol. The van der Waals surface area contributed by atoms with Gasteiger partial charge in [-0.15, -0.1) is 0 Å². The van der Waals surface area contributed by atoms with Crippen molar-refractivity contribution in [3.8, 4) is 5.75 Å². The van der Waals surface area contributed by atoms with Crippen LogP contribution in [0.15, 0.2) is 60.9 Å². The zero-order chi connectivity index (χ0) is 19.3. The minimum absolute atomic E-state index is 0.0643. The van der Waals surface area contributed by atoms with E-state index in [1.807, 2.05) is 42.5 Å². The molecule has 1 aliphatic heterocycles. The molecular formula is C22H22N4O2. The number of hydrogen-bond acceptors (Lipinski definition) is 5. The predicted octanol–water partition coefficient (Wildman–Crippen LogP) is 3.34. The number of hydrogen-bond donors (Lipinski definition) is 1. The van der Waals surface area contributed by atoms with Crippen molar-refractivity contribution in [2.24, 2.45) is 0 Å². The number of ether oxygens (including phenoxy) is 1. The molecule has 3 aromatic rings.